The average molecular weight is 265 g/mol. The molecule has 2 saturated heterocycles. The van der Waals surface area contributed by atoms with Crippen LogP contribution >= 0.6 is 11.3 Å². The Balaban J connectivity index is 1.47. The second-order valence-electron chi connectivity index (χ2n) is 5.66. The lowest BCUT2D eigenvalue weighted by Gasteiger charge is -2.34. The molecule has 3 nitrogen and oxygen atoms in total. The van der Waals surface area contributed by atoms with Crippen molar-refractivity contribution in [1.82, 2.24) is 15.2 Å². The van der Waals surface area contributed by atoms with E-state index in [9.17, 15) is 0 Å². The molecule has 1 N–H and O–H groups in total. The standard InChI is InChI=1S/C14H23N3S/c1-11-16-9-13(18-11)10-17-7-4-12(5-8-17)14-3-2-6-15-14/h9,12,14-15H,2-8,10H2,1H3. The van der Waals surface area contributed by atoms with E-state index in [4.69, 9.17) is 0 Å². The van der Waals surface area contributed by atoms with Crippen molar-refractivity contribution in [3.05, 3.63) is 16.1 Å². The molecule has 2 aliphatic rings. The van der Waals surface area contributed by atoms with Crippen LogP contribution in [0.3, 0.4) is 0 Å². The first-order valence-electron chi connectivity index (χ1n) is 7.18. The highest BCUT2D eigenvalue weighted by molar-refractivity contribution is 7.11. The largest absolute Gasteiger partial charge is 0.314 e. The Hall–Kier alpha value is -0.450. The lowest BCUT2D eigenvalue weighted by atomic mass is 9.88. The van der Waals surface area contributed by atoms with Crippen LogP contribution in [0.4, 0.5) is 0 Å². The summed E-state index contributed by atoms with van der Waals surface area (Å²) in [5.41, 5.74) is 0. The molecule has 3 rings (SSSR count). The van der Waals surface area contributed by atoms with E-state index < -0.39 is 0 Å². The molecule has 3 heterocycles. The van der Waals surface area contributed by atoms with Crippen molar-refractivity contribution >= 4 is 11.3 Å². The second-order valence-corrected chi connectivity index (χ2v) is 6.98. The number of aryl methyl sites for hydroxylation is 1. The molecule has 0 radical (unpaired) electrons. The number of nitrogens with one attached hydrogen (secondary N) is 1. The molecule has 2 aliphatic heterocycles. The highest BCUT2D eigenvalue weighted by Crippen LogP contribution is 2.26. The van der Waals surface area contributed by atoms with Crippen molar-refractivity contribution in [2.75, 3.05) is 19.6 Å². The lowest BCUT2D eigenvalue weighted by molar-refractivity contribution is 0.158. The maximum Gasteiger partial charge on any atom is 0.0897 e. The van der Waals surface area contributed by atoms with Gasteiger partial charge in [0.2, 0.25) is 0 Å². The molecule has 0 aromatic carbocycles. The van der Waals surface area contributed by atoms with E-state index >= 15 is 0 Å². The van der Waals surface area contributed by atoms with Crippen LogP contribution in [0.5, 0.6) is 0 Å². The first-order chi connectivity index (χ1) is 8.81. The summed E-state index contributed by atoms with van der Waals surface area (Å²) in [5, 5.41) is 4.86. The van der Waals surface area contributed by atoms with Gasteiger partial charge in [0.25, 0.3) is 0 Å². The molecule has 100 valence electrons. The van der Waals surface area contributed by atoms with Crippen LogP contribution < -0.4 is 5.32 Å². The second kappa shape index (κ2) is 5.68. The van der Waals surface area contributed by atoms with Crippen molar-refractivity contribution in [2.45, 2.75) is 45.2 Å². The molecule has 4 heteroatoms. The molecule has 1 unspecified atom stereocenters. The summed E-state index contributed by atoms with van der Waals surface area (Å²) in [5.74, 6) is 0.923. The van der Waals surface area contributed by atoms with Gasteiger partial charge in [-0.3, -0.25) is 4.90 Å². The Morgan fingerprint density at radius 1 is 1.39 bits per heavy atom. The van der Waals surface area contributed by atoms with E-state index in [0.29, 0.717) is 0 Å². The van der Waals surface area contributed by atoms with Crippen LogP contribution in [0, 0.1) is 12.8 Å². The molecule has 0 bridgehead atoms. The highest BCUT2D eigenvalue weighted by Gasteiger charge is 2.28. The maximum absolute atomic E-state index is 4.34. The van der Waals surface area contributed by atoms with Crippen molar-refractivity contribution < 1.29 is 0 Å². The van der Waals surface area contributed by atoms with Gasteiger partial charge in [0.05, 0.1) is 5.01 Å². The van der Waals surface area contributed by atoms with Gasteiger partial charge in [-0.2, -0.15) is 0 Å². The van der Waals surface area contributed by atoms with Gasteiger partial charge in [-0.25, -0.2) is 4.98 Å². The van der Waals surface area contributed by atoms with Crippen molar-refractivity contribution in [1.29, 1.82) is 0 Å². The molecule has 0 spiro atoms. The van der Waals surface area contributed by atoms with Gasteiger partial charge in [0.1, 0.15) is 0 Å². The van der Waals surface area contributed by atoms with Crippen molar-refractivity contribution in [2.24, 2.45) is 5.92 Å². The molecular weight excluding hydrogens is 242 g/mol. The molecule has 0 aliphatic carbocycles. The summed E-state index contributed by atoms with van der Waals surface area (Å²) in [6, 6.07) is 0.817. The number of hydrogen-bond donors (Lipinski definition) is 1. The summed E-state index contributed by atoms with van der Waals surface area (Å²) in [6.07, 6.45) is 7.57. The zero-order valence-corrected chi connectivity index (χ0v) is 12.0. The minimum absolute atomic E-state index is 0.817. The lowest BCUT2D eigenvalue weighted by Crippen LogP contribution is -2.40. The molecule has 1 aromatic heterocycles. The van der Waals surface area contributed by atoms with Gasteiger partial charge < -0.3 is 5.32 Å². The summed E-state index contributed by atoms with van der Waals surface area (Å²) in [4.78, 5) is 8.36. The van der Waals surface area contributed by atoms with Crippen LogP contribution in [-0.2, 0) is 6.54 Å². The normalized spacial score (nSPS) is 26.8. The fourth-order valence-corrected chi connectivity index (χ4v) is 4.16. The first kappa shape index (κ1) is 12.6. The Morgan fingerprint density at radius 3 is 2.83 bits per heavy atom. The number of aromatic nitrogens is 1. The minimum atomic E-state index is 0.817. The van der Waals surface area contributed by atoms with E-state index in [1.807, 2.05) is 17.5 Å². The number of hydrogen-bond acceptors (Lipinski definition) is 4. The Kier molecular flexibility index (Phi) is 3.97. The fraction of sp³-hybridized carbons (Fsp3) is 0.786. The van der Waals surface area contributed by atoms with Gasteiger partial charge in [0, 0.05) is 23.7 Å². The third-order valence-electron chi connectivity index (χ3n) is 4.35. The first-order valence-corrected chi connectivity index (χ1v) is 8.00. The third-order valence-corrected chi connectivity index (χ3v) is 5.25. The monoisotopic (exact) mass is 265 g/mol. The maximum atomic E-state index is 4.34. The third kappa shape index (κ3) is 2.92. The van der Waals surface area contributed by atoms with Crippen molar-refractivity contribution in [3.63, 3.8) is 0 Å². The van der Waals surface area contributed by atoms with Gasteiger partial charge >= 0.3 is 0 Å². The van der Waals surface area contributed by atoms with E-state index in [2.05, 4.69) is 22.1 Å². The summed E-state index contributed by atoms with van der Waals surface area (Å²) in [7, 11) is 0. The van der Waals surface area contributed by atoms with Crippen LogP contribution in [-0.4, -0.2) is 35.6 Å². The van der Waals surface area contributed by atoms with Crippen LogP contribution in [0.1, 0.15) is 35.6 Å². The van der Waals surface area contributed by atoms with Gasteiger partial charge in [0.15, 0.2) is 0 Å². The predicted octanol–water partition coefficient (Wildman–Crippen LogP) is 2.42. The highest BCUT2D eigenvalue weighted by atomic mass is 32.1. The van der Waals surface area contributed by atoms with E-state index in [1.54, 1.807) is 0 Å². The number of rotatable bonds is 3. The SMILES string of the molecule is Cc1ncc(CN2CCC(C3CCCN3)CC2)s1. The smallest absolute Gasteiger partial charge is 0.0897 e. The number of nitrogens with zero attached hydrogens (tertiary/aromatic N) is 2. The molecule has 0 amide bonds. The van der Waals surface area contributed by atoms with Gasteiger partial charge in [-0.1, -0.05) is 0 Å². The van der Waals surface area contributed by atoms with Crippen LogP contribution in [0.2, 0.25) is 0 Å². The fourth-order valence-electron chi connectivity index (χ4n) is 3.33. The number of thiazole rings is 1. The molecule has 18 heavy (non-hydrogen) atoms. The van der Waals surface area contributed by atoms with Crippen molar-refractivity contribution in [3.8, 4) is 0 Å². The molecular formula is C14H23N3S. The minimum Gasteiger partial charge on any atom is -0.314 e. The number of piperidine rings is 1. The van der Waals surface area contributed by atoms with Crippen LogP contribution in [0.25, 0.3) is 0 Å². The molecule has 2 fully saturated rings. The topological polar surface area (TPSA) is 28.2 Å². The van der Waals surface area contributed by atoms with E-state index in [1.165, 1.54) is 55.2 Å². The zero-order valence-electron chi connectivity index (χ0n) is 11.2. The molecule has 0 saturated carbocycles. The summed E-state index contributed by atoms with van der Waals surface area (Å²) < 4.78 is 0. The molecule has 1 atom stereocenters. The van der Waals surface area contributed by atoms with E-state index in [0.717, 1.165) is 18.5 Å². The Labute approximate surface area is 114 Å². The Bertz CT molecular complexity index is 376. The molecule has 1 aromatic rings. The quantitative estimate of drug-likeness (QED) is 0.910. The average Bonchev–Trinajstić information content (AvgIpc) is 3.02. The van der Waals surface area contributed by atoms with Gasteiger partial charge in [-0.05, 0) is 58.2 Å². The van der Waals surface area contributed by atoms with Gasteiger partial charge in [-0.15, -0.1) is 11.3 Å². The summed E-state index contributed by atoms with van der Waals surface area (Å²) in [6.45, 7) is 6.97. The summed E-state index contributed by atoms with van der Waals surface area (Å²) >= 11 is 1.84. The zero-order chi connectivity index (χ0) is 12.4. The van der Waals surface area contributed by atoms with Crippen LogP contribution in [0.15, 0.2) is 6.20 Å². The predicted molar refractivity (Wildman–Crippen MR) is 75.9 cm³/mol. The van der Waals surface area contributed by atoms with E-state index in [-0.39, 0.29) is 0 Å². The Morgan fingerprint density at radius 2 is 2.22 bits per heavy atom. The number of likely N-dealkylation sites (tertiary alicyclic amines) is 1.